The third kappa shape index (κ3) is 5.35. The van der Waals surface area contributed by atoms with E-state index in [2.05, 4.69) is 10.1 Å². The van der Waals surface area contributed by atoms with Crippen LogP contribution >= 0.6 is 23.2 Å². The highest BCUT2D eigenvalue weighted by Gasteiger charge is 2.21. The molecule has 4 rings (SSSR count). The Hall–Kier alpha value is -2.94. The molecule has 0 radical (unpaired) electrons. The van der Waals surface area contributed by atoms with Crippen molar-refractivity contribution in [3.8, 4) is 22.7 Å². The highest BCUT2D eigenvalue weighted by molar-refractivity contribution is 6.39. The monoisotopic (exact) mass is 488 g/mol. The fraction of sp³-hybridized carbons (Fsp3) is 0.304. The molecular weight excluding hydrogens is 467 g/mol. The molecule has 1 saturated heterocycles. The lowest BCUT2D eigenvalue weighted by Crippen LogP contribution is -2.42. The molecule has 2 aromatic heterocycles. The molecule has 1 aromatic carbocycles. The van der Waals surface area contributed by atoms with Crippen molar-refractivity contribution in [1.29, 1.82) is 0 Å². The van der Waals surface area contributed by atoms with Gasteiger partial charge in [0.25, 0.3) is 0 Å². The van der Waals surface area contributed by atoms with Crippen molar-refractivity contribution in [2.75, 3.05) is 37.7 Å². The third-order valence-electron chi connectivity index (χ3n) is 5.33. The maximum absolute atomic E-state index is 12.5. The predicted molar refractivity (Wildman–Crippen MR) is 125 cm³/mol. The number of carbonyl (C=O) groups excluding carboxylic acids is 2. The zero-order chi connectivity index (χ0) is 23.4. The van der Waals surface area contributed by atoms with Crippen molar-refractivity contribution in [3.63, 3.8) is 0 Å². The quantitative estimate of drug-likeness (QED) is 0.513. The molecule has 172 valence electrons. The lowest BCUT2D eigenvalue weighted by molar-refractivity contribution is -0.135. The molecule has 2 amide bonds. The number of amides is 2. The minimum atomic E-state index is -0.178. The lowest BCUT2D eigenvalue weighted by Gasteiger charge is -2.28. The first kappa shape index (κ1) is 23.2. The average Bonchev–Trinajstić information content (AvgIpc) is 3.29. The van der Waals surface area contributed by atoms with E-state index in [1.165, 1.54) is 6.92 Å². The number of benzene rings is 1. The molecule has 3 heterocycles. The molecule has 33 heavy (non-hydrogen) atoms. The Balaban J connectivity index is 1.53. The molecular formula is C23H22Cl2N4O4. The first-order chi connectivity index (χ1) is 15.9. The van der Waals surface area contributed by atoms with Gasteiger partial charge >= 0.3 is 0 Å². The van der Waals surface area contributed by atoms with Crippen LogP contribution in [0.1, 0.15) is 13.3 Å². The van der Waals surface area contributed by atoms with Gasteiger partial charge in [-0.15, -0.1) is 0 Å². The zero-order valence-electron chi connectivity index (χ0n) is 18.0. The number of morpholine rings is 1. The van der Waals surface area contributed by atoms with Gasteiger partial charge in [0.2, 0.25) is 11.8 Å². The maximum Gasteiger partial charge on any atom is 0.224 e. The molecule has 0 saturated carbocycles. The van der Waals surface area contributed by atoms with E-state index >= 15 is 0 Å². The van der Waals surface area contributed by atoms with Gasteiger partial charge in [-0.1, -0.05) is 34.4 Å². The molecule has 0 N–H and O–H groups in total. The number of aromatic nitrogens is 2. The Labute approximate surface area is 201 Å². The van der Waals surface area contributed by atoms with Crippen molar-refractivity contribution in [2.24, 2.45) is 0 Å². The summed E-state index contributed by atoms with van der Waals surface area (Å²) in [5, 5.41) is 4.99. The minimum Gasteiger partial charge on any atom is -0.378 e. The van der Waals surface area contributed by atoms with E-state index in [0.717, 1.165) is 0 Å². The maximum atomic E-state index is 12.5. The molecule has 8 nitrogen and oxygen atoms in total. The van der Waals surface area contributed by atoms with E-state index in [9.17, 15) is 9.59 Å². The van der Waals surface area contributed by atoms with Crippen LogP contribution in [-0.2, 0) is 14.3 Å². The second kappa shape index (κ2) is 10.3. The Bertz CT molecular complexity index is 1140. The molecule has 10 heteroatoms. The number of pyridine rings is 1. The van der Waals surface area contributed by atoms with Crippen LogP contribution in [0.5, 0.6) is 0 Å². The summed E-state index contributed by atoms with van der Waals surface area (Å²) in [7, 11) is 0. The number of anilines is 1. The second-order valence-electron chi connectivity index (χ2n) is 7.49. The van der Waals surface area contributed by atoms with E-state index in [-0.39, 0.29) is 24.8 Å². The van der Waals surface area contributed by atoms with Gasteiger partial charge in [-0.2, -0.15) is 0 Å². The molecule has 3 aromatic rings. The second-order valence-corrected chi connectivity index (χ2v) is 8.30. The highest BCUT2D eigenvalue weighted by atomic mass is 35.5. The summed E-state index contributed by atoms with van der Waals surface area (Å²) in [6, 6.07) is 10.3. The Morgan fingerprint density at radius 3 is 2.52 bits per heavy atom. The van der Waals surface area contributed by atoms with Crippen LogP contribution in [-0.4, -0.2) is 59.7 Å². The molecule has 0 spiro atoms. The van der Waals surface area contributed by atoms with E-state index < -0.39 is 0 Å². The molecule has 0 bridgehead atoms. The van der Waals surface area contributed by atoms with Crippen molar-refractivity contribution in [1.82, 2.24) is 15.0 Å². The summed E-state index contributed by atoms with van der Waals surface area (Å²) in [6.07, 6.45) is 1.80. The summed E-state index contributed by atoms with van der Waals surface area (Å²) in [5.41, 5.74) is 2.14. The van der Waals surface area contributed by atoms with Crippen molar-refractivity contribution in [3.05, 3.63) is 52.6 Å². The molecule has 1 aliphatic heterocycles. The third-order valence-corrected chi connectivity index (χ3v) is 5.96. The van der Waals surface area contributed by atoms with Crippen LogP contribution in [0, 0.1) is 0 Å². The van der Waals surface area contributed by atoms with Gasteiger partial charge in [0, 0.05) is 56.5 Å². The number of carbonyl (C=O) groups is 2. The number of halogens is 2. The van der Waals surface area contributed by atoms with E-state index in [0.29, 0.717) is 64.7 Å². The largest absolute Gasteiger partial charge is 0.378 e. The van der Waals surface area contributed by atoms with Crippen LogP contribution in [0.3, 0.4) is 0 Å². The van der Waals surface area contributed by atoms with Gasteiger partial charge < -0.3 is 19.1 Å². The number of hydrogen-bond donors (Lipinski definition) is 0. The molecule has 1 aliphatic rings. The highest BCUT2D eigenvalue weighted by Crippen LogP contribution is 2.35. The topological polar surface area (TPSA) is 88.8 Å². The average molecular weight is 489 g/mol. The number of ether oxygens (including phenoxy) is 1. The summed E-state index contributed by atoms with van der Waals surface area (Å²) in [5.74, 6) is 0.217. The first-order valence-corrected chi connectivity index (χ1v) is 11.2. The van der Waals surface area contributed by atoms with Crippen molar-refractivity contribution >= 4 is 40.7 Å². The summed E-state index contributed by atoms with van der Waals surface area (Å²) in [6.45, 7) is 3.93. The summed E-state index contributed by atoms with van der Waals surface area (Å²) < 4.78 is 10.8. The fourth-order valence-corrected chi connectivity index (χ4v) is 4.22. The molecule has 0 unspecified atom stereocenters. The Kier molecular flexibility index (Phi) is 7.27. The molecule has 0 aliphatic carbocycles. The standard InChI is InChI=1S/C23H22Cl2N4O4/c1-15(30)29(8-6-22(31)28-9-11-32-12-10-28)16-5-7-26-19(13-16)21-14-20(27-33-21)23-17(24)3-2-4-18(23)25/h2-5,7,13-14H,6,8-12H2,1H3. The van der Waals surface area contributed by atoms with Crippen LogP contribution in [0.15, 0.2) is 47.1 Å². The zero-order valence-corrected chi connectivity index (χ0v) is 19.5. The summed E-state index contributed by atoms with van der Waals surface area (Å²) >= 11 is 12.5. The number of hydrogen-bond acceptors (Lipinski definition) is 6. The minimum absolute atomic E-state index is 0.00433. The summed E-state index contributed by atoms with van der Waals surface area (Å²) in [4.78, 5) is 32.5. The predicted octanol–water partition coefficient (Wildman–Crippen LogP) is 4.31. The van der Waals surface area contributed by atoms with Crippen LogP contribution < -0.4 is 4.90 Å². The van der Waals surface area contributed by atoms with Crippen LogP contribution in [0.25, 0.3) is 22.7 Å². The normalized spacial score (nSPS) is 13.7. The smallest absolute Gasteiger partial charge is 0.224 e. The van der Waals surface area contributed by atoms with Crippen LogP contribution in [0.2, 0.25) is 10.0 Å². The SMILES string of the molecule is CC(=O)N(CCC(=O)N1CCOCC1)c1ccnc(-c2cc(-c3c(Cl)cccc3Cl)no2)c1. The van der Waals surface area contributed by atoms with Gasteiger partial charge in [-0.05, 0) is 24.3 Å². The Morgan fingerprint density at radius 1 is 1.09 bits per heavy atom. The van der Waals surface area contributed by atoms with Crippen LogP contribution in [0.4, 0.5) is 5.69 Å². The Morgan fingerprint density at radius 2 is 1.82 bits per heavy atom. The number of rotatable bonds is 6. The van der Waals surface area contributed by atoms with Crippen molar-refractivity contribution in [2.45, 2.75) is 13.3 Å². The van der Waals surface area contributed by atoms with E-state index in [1.807, 2.05) is 0 Å². The lowest BCUT2D eigenvalue weighted by atomic mass is 10.1. The molecule has 0 atom stereocenters. The molecule has 1 fully saturated rings. The van der Waals surface area contributed by atoms with Gasteiger partial charge in [-0.3, -0.25) is 14.6 Å². The van der Waals surface area contributed by atoms with E-state index in [1.54, 1.807) is 52.4 Å². The fourth-order valence-electron chi connectivity index (χ4n) is 3.62. The van der Waals surface area contributed by atoms with Crippen molar-refractivity contribution < 1.29 is 18.8 Å². The van der Waals surface area contributed by atoms with Gasteiger partial charge in [0.1, 0.15) is 11.4 Å². The first-order valence-electron chi connectivity index (χ1n) is 10.4. The number of nitrogens with zero attached hydrogens (tertiary/aromatic N) is 4. The van der Waals surface area contributed by atoms with E-state index in [4.69, 9.17) is 32.5 Å². The van der Waals surface area contributed by atoms with Gasteiger partial charge in [-0.25, -0.2) is 0 Å². The van der Waals surface area contributed by atoms with Gasteiger partial charge in [0.05, 0.1) is 23.3 Å². The van der Waals surface area contributed by atoms with Gasteiger partial charge in [0.15, 0.2) is 5.76 Å².